The molecule has 0 amide bonds. The number of fused-ring (bicyclic) bond motifs is 1. The average molecular weight is 257 g/mol. The molecule has 2 aromatic rings. The zero-order chi connectivity index (χ0) is 13.4. The summed E-state index contributed by atoms with van der Waals surface area (Å²) >= 11 is 0. The number of aryl methyl sites for hydroxylation is 2. The molecule has 0 spiro atoms. The van der Waals surface area contributed by atoms with E-state index in [-0.39, 0.29) is 11.6 Å². The van der Waals surface area contributed by atoms with E-state index in [1.807, 2.05) is 23.8 Å². The predicted molar refractivity (Wildman–Crippen MR) is 71.9 cm³/mol. The Kier molecular flexibility index (Phi) is 2.97. The van der Waals surface area contributed by atoms with Crippen molar-refractivity contribution in [2.24, 2.45) is 0 Å². The van der Waals surface area contributed by atoms with Crippen LogP contribution in [0, 0.1) is 12.7 Å². The molecule has 2 nitrogen and oxygen atoms in total. The van der Waals surface area contributed by atoms with Gasteiger partial charge in [-0.25, -0.2) is 4.39 Å². The maximum atomic E-state index is 13.1. The van der Waals surface area contributed by atoms with Gasteiger partial charge in [-0.2, -0.15) is 0 Å². The molecule has 0 N–H and O–H groups in total. The van der Waals surface area contributed by atoms with Crippen molar-refractivity contribution in [3.63, 3.8) is 0 Å². The minimum absolute atomic E-state index is 0.205. The van der Waals surface area contributed by atoms with E-state index < -0.39 is 0 Å². The minimum atomic E-state index is -0.205. The molecule has 1 aliphatic rings. The number of halogens is 1. The summed E-state index contributed by atoms with van der Waals surface area (Å²) in [7, 11) is 0. The average Bonchev–Trinajstić information content (AvgIpc) is 2.77. The summed E-state index contributed by atoms with van der Waals surface area (Å²) < 4.78 is 15.1. The number of ketones is 1. The monoisotopic (exact) mass is 257 g/mol. The largest absolute Gasteiger partial charge is 0.349 e. The van der Waals surface area contributed by atoms with Crippen LogP contribution < -0.4 is 0 Å². The van der Waals surface area contributed by atoms with Crippen molar-refractivity contribution < 1.29 is 9.18 Å². The second kappa shape index (κ2) is 4.65. The molecule has 0 unspecified atom stereocenters. The van der Waals surface area contributed by atoms with E-state index in [2.05, 4.69) is 6.20 Å². The Morgan fingerprint density at radius 2 is 2.11 bits per heavy atom. The van der Waals surface area contributed by atoms with Crippen LogP contribution in [0.5, 0.6) is 0 Å². The first-order valence-electron chi connectivity index (χ1n) is 6.60. The van der Waals surface area contributed by atoms with Crippen molar-refractivity contribution in [3.8, 4) is 0 Å². The molecule has 3 heteroatoms. The summed E-state index contributed by atoms with van der Waals surface area (Å²) in [5, 5.41) is 0. The lowest BCUT2D eigenvalue weighted by molar-refractivity contribution is 0.0973. The van der Waals surface area contributed by atoms with Gasteiger partial charge in [0, 0.05) is 30.9 Å². The van der Waals surface area contributed by atoms with Crippen LogP contribution in [-0.2, 0) is 13.0 Å². The molecule has 1 aliphatic carbocycles. The van der Waals surface area contributed by atoms with Crippen molar-refractivity contribution in [3.05, 3.63) is 58.7 Å². The Hall–Kier alpha value is -1.90. The topological polar surface area (TPSA) is 22.0 Å². The summed E-state index contributed by atoms with van der Waals surface area (Å²) in [5.41, 5.74) is 4.04. The highest BCUT2D eigenvalue weighted by Gasteiger charge is 2.19. The Balaban J connectivity index is 1.89. The Bertz CT molecular complexity index is 642. The molecule has 3 rings (SSSR count). The van der Waals surface area contributed by atoms with Gasteiger partial charge in [-0.15, -0.1) is 0 Å². The Morgan fingerprint density at radius 3 is 2.84 bits per heavy atom. The second-order valence-electron chi connectivity index (χ2n) is 5.22. The summed E-state index contributed by atoms with van der Waals surface area (Å²) in [6, 6.07) is 4.84. The first-order chi connectivity index (χ1) is 9.13. The van der Waals surface area contributed by atoms with Crippen molar-refractivity contribution in [1.29, 1.82) is 0 Å². The maximum Gasteiger partial charge on any atom is 0.164 e. The van der Waals surface area contributed by atoms with Crippen LogP contribution in [0.2, 0.25) is 0 Å². The highest BCUT2D eigenvalue weighted by molar-refractivity contribution is 5.98. The molecule has 0 saturated heterocycles. The molecular weight excluding hydrogens is 241 g/mol. The van der Waals surface area contributed by atoms with Gasteiger partial charge in [0.1, 0.15) is 5.82 Å². The van der Waals surface area contributed by atoms with Gasteiger partial charge in [0.05, 0.1) is 0 Å². The van der Waals surface area contributed by atoms with Crippen LogP contribution in [0.3, 0.4) is 0 Å². The summed E-state index contributed by atoms with van der Waals surface area (Å²) in [5.74, 6) is 0.0408. The lowest BCUT2D eigenvalue weighted by atomic mass is 9.95. The summed E-state index contributed by atoms with van der Waals surface area (Å²) in [4.78, 5) is 11.8. The molecule has 0 bridgehead atoms. The number of rotatable bonds is 2. The highest BCUT2D eigenvalue weighted by Crippen LogP contribution is 2.23. The molecule has 0 fully saturated rings. The smallest absolute Gasteiger partial charge is 0.164 e. The van der Waals surface area contributed by atoms with Crippen LogP contribution >= 0.6 is 0 Å². The summed E-state index contributed by atoms with van der Waals surface area (Å²) in [6.45, 7) is 2.60. The number of hydrogen-bond acceptors (Lipinski definition) is 1. The fraction of sp³-hybridized carbons (Fsp3) is 0.312. The van der Waals surface area contributed by atoms with Crippen molar-refractivity contribution in [2.75, 3.05) is 0 Å². The van der Waals surface area contributed by atoms with E-state index in [4.69, 9.17) is 0 Å². The van der Waals surface area contributed by atoms with Crippen LogP contribution in [0.1, 0.15) is 39.9 Å². The fourth-order valence-electron chi connectivity index (χ4n) is 2.70. The first kappa shape index (κ1) is 12.2. The van der Waals surface area contributed by atoms with Crippen molar-refractivity contribution >= 4 is 5.78 Å². The fourth-order valence-corrected chi connectivity index (χ4v) is 2.70. The Labute approximate surface area is 111 Å². The van der Waals surface area contributed by atoms with Crippen LogP contribution in [0.4, 0.5) is 4.39 Å². The Morgan fingerprint density at radius 1 is 1.26 bits per heavy atom. The van der Waals surface area contributed by atoms with Gasteiger partial charge >= 0.3 is 0 Å². The van der Waals surface area contributed by atoms with Gasteiger partial charge in [0.2, 0.25) is 0 Å². The predicted octanol–water partition coefficient (Wildman–Crippen LogP) is 3.50. The van der Waals surface area contributed by atoms with Crippen LogP contribution in [0.15, 0.2) is 30.6 Å². The second-order valence-corrected chi connectivity index (χ2v) is 5.22. The van der Waals surface area contributed by atoms with E-state index in [0.29, 0.717) is 13.0 Å². The lowest BCUT2D eigenvalue weighted by Gasteiger charge is -2.07. The molecule has 98 valence electrons. The van der Waals surface area contributed by atoms with E-state index >= 15 is 0 Å². The van der Waals surface area contributed by atoms with Gasteiger partial charge in [0.25, 0.3) is 0 Å². The number of carbonyl (C=O) groups excluding carboxylic acids is 1. The number of nitrogens with zero attached hydrogens (tertiary/aromatic N) is 1. The van der Waals surface area contributed by atoms with E-state index in [9.17, 15) is 9.18 Å². The van der Waals surface area contributed by atoms with E-state index in [1.54, 1.807) is 6.07 Å². The number of aromatic nitrogens is 1. The normalized spacial score (nSPS) is 14.5. The number of Topliss-reactive ketones (excluding diaryl/α,β-unsaturated/α-hetero) is 1. The van der Waals surface area contributed by atoms with Gasteiger partial charge in [0.15, 0.2) is 5.78 Å². The quantitative estimate of drug-likeness (QED) is 0.807. The molecule has 0 saturated carbocycles. The third kappa shape index (κ3) is 2.33. The first-order valence-corrected chi connectivity index (χ1v) is 6.60. The number of carbonyl (C=O) groups is 1. The van der Waals surface area contributed by atoms with Gasteiger partial charge < -0.3 is 4.57 Å². The molecule has 0 aliphatic heterocycles. The molecule has 0 radical (unpaired) electrons. The van der Waals surface area contributed by atoms with Crippen molar-refractivity contribution in [2.45, 2.75) is 32.7 Å². The molecule has 1 aromatic carbocycles. The molecular formula is C16H16FNO. The zero-order valence-electron chi connectivity index (χ0n) is 10.9. The molecule has 1 aromatic heterocycles. The lowest BCUT2D eigenvalue weighted by Crippen LogP contribution is -2.07. The standard InChI is InChI=1S/C16H16FNO/c1-11-7-14(17)6-5-12(11)8-18-9-13-3-2-4-16(19)15(13)10-18/h5-7,9-10H,2-4,8H2,1H3. The SMILES string of the molecule is Cc1cc(F)ccc1Cn1cc2c(c1)C(=O)CCC2. The maximum absolute atomic E-state index is 13.1. The van der Waals surface area contributed by atoms with E-state index in [0.717, 1.165) is 35.1 Å². The summed E-state index contributed by atoms with van der Waals surface area (Å²) in [6.07, 6.45) is 6.57. The third-order valence-electron chi connectivity index (χ3n) is 3.77. The van der Waals surface area contributed by atoms with Crippen LogP contribution in [-0.4, -0.2) is 10.4 Å². The molecule has 19 heavy (non-hydrogen) atoms. The van der Waals surface area contributed by atoms with Crippen molar-refractivity contribution in [1.82, 2.24) is 4.57 Å². The van der Waals surface area contributed by atoms with Gasteiger partial charge in [-0.3, -0.25) is 4.79 Å². The minimum Gasteiger partial charge on any atom is -0.349 e. The highest BCUT2D eigenvalue weighted by atomic mass is 19.1. The van der Waals surface area contributed by atoms with Gasteiger partial charge in [-0.05, 0) is 48.6 Å². The van der Waals surface area contributed by atoms with Crippen LogP contribution in [0.25, 0.3) is 0 Å². The molecule has 1 heterocycles. The number of hydrogen-bond donors (Lipinski definition) is 0. The number of benzene rings is 1. The molecule has 0 atom stereocenters. The van der Waals surface area contributed by atoms with Gasteiger partial charge in [-0.1, -0.05) is 6.07 Å². The third-order valence-corrected chi connectivity index (χ3v) is 3.77. The van der Waals surface area contributed by atoms with E-state index in [1.165, 1.54) is 6.07 Å². The zero-order valence-corrected chi connectivity index (χ0v) is 10.9.